The number of halogens is 3. The monoisotopic (exact) mass is 355 g/mol. The van der Waals surface area contributed by atoms with E-state index in [2.05, 4.69) is 10.6 Å². The van der Waals surface area contributed by atoms with Crippen molar-refractivity contribution in [2.75, 3.05) is 20.2 Å². The van der Waals surface area contributed by atoms with E-state index in [-0.39, 0.29) is 37.9 Å². The molecule has 0 saturated carbocycles. The third-order valence-electron chi connectivity index (χ3n) is 4.33. The number of carbonyl (C=O) groups excluding carboxylic acids is 1. The maximum absolute atomic E-state index is 13.0. The number of carbonyl (C=O) groups is 1. The van der Waals surface area contributed by atoms with E-state index in [4.69, 9.17) is 10.5 Å². The largest absolute Gasteiger partial charge is 0.403 e. The first-order chi connectivity index (χ1) is 11.1. The molecule has 5 N–H and O–H groups in total. The smallest absolute Gasteiger partial charge is 0.378 e. The Hall–Kier alpha value is -0.740. The molecule has 1 saturated heterocycles. The Morgan fingerprint density at radius 3 is 2.50 bits per heavy atom. The van der Waals surface area contributed by atoms with Crippen LogP contribution >= 0.6 is 0 Å². The van der Waals surface area contributed by atoms with E-state index in [0.717, 1.165) is 0 Å². The van der Waals surface area contributed by atoms with E-state index in [1.807, 2.05) is 0 Å². The van der Waals surface area contributed by atoms with Crippen molar-refractivity contribution in [3.8, 4) is 0 Å². The molecule has 5 atom stereocenters. The summed E-state index contributed by atoms with van der Waals surface area (Å²) in [6.07, 6.45) is -5.78. The molecule has 6 nitrogen and oxygen atoms in total. The highest BCUT2D eigenvalue weighted by atomic mass is 19.4. The second kappa shape index (κ2) is 9.10. The highest BCUT2D eigenvalue weighted by Crippen LogP contribution is 2.32. The van der Waals surface area contributed by atoms with Crippen molar-refractivity contribution in [2.24, 2.45) is 17.6 Å². The fraction of sp³-hybridized carbons (Fsp3) is 0.933. The summed E-state index contributed by atoms with van der Waals surface area (Å²) in [7, 11) is 1.48. The van der Waals surface area contributed by atoms with Crippen molar-refractivity contribution in [2.45, 2.75) is 57.3 Å². The number of aliphatic hydroxyl groups excluding tert-OH is 1. The Morgan fingerprint density at radius 2 is 2.04 bits per heavy atom. The van der Waals surface area contributed by atoms with Crippen LogP contribution in [0.1, 0.15) is 26.7 Å². The second-order valence-electron chi connectivity index (χ2n) is 6.41. The number of nitrogens with one attached hydrogen (secondary N) is 2. The molecule has 1 fully saturated rings. The average molecular weight is 355 g/mol. The van der Waals surface area contributed by atoms with Gasteiger partial charge in [0.05, 0.1) is 18.6 Å². The maximum atomic E-state index is 13.0. The predicted octanol–water partition coefficient (Wildman–Crippen LogP) is 0.392. The Bertz CT molecular complexity index is 407. The molecule has 0 aromatic heterocycles. The summed E-state index contributed by atoms with van der Waals surface area (Å²) in [5, 5.41) is 14.9. The van der Waals surface area contributed by atoms with Crippen LogP contribution in [0.15, 0.2) is 0 Å². The van der Waals surface area contributed by atoms with E-state index in [1.54, 1.807) is 13.8 Å². The van der Waals surface area contributed by atoms with Gasteiger partial charge in [0, 0.05) is 18.5 Å². The zero-order valence-corrected chi connectivity index (χ0v) is 14.3. The SMILES string of the molecule is CNC(O)C(CN)C(=O)C1CCC(C(F)(F)F)NC1COC(C)C. The zero-order chi connectivity index (χ0) is 18.5. The van der Waals surface area contributed by atoms with Crippen LogP contribution in [0, 0.1) is 11.8 Å². The number of ether oxygens (including phenoxy) is 1. The number of hydrogen-bond acceptors (Lipinski definition) is 6. The fourth-order valence-electron chi connectivity index (χ4n) is 2.94. The first kappa shape index (κ1) is 21.3. The summed E-state index contributed by atoms with van der Waals surface area (Å²) >= 11 is 0. The van der Waals surface area contributed by atoms with E-state index in [9.17, 15) is 23.1 Å². The lowest BCUT2D eigenvalue weighted by atomic mass is 9.79. The minimum Gasteiger partial charge on any atom is -0.378 e. The van der Waals surface area contributed by atoms with Gasteiger partial charge in [0.2, 0.25) is 0 Å². The van der Waals surface area contributed by atoms with Gasteiger partial charge in [-0.1, -0.05) is 0 Å². The van der Waals surface area contributed by atoms with Crippen molar-refractivity contribution < 1.29 is 27.8 Å². The van der Waals surface area contributed by atoms with Gasteiger partial charge in [-0.3, -0.25) is 10.1 Å². The van der Waals surface area contributed by atoms with Crippen LogP contribution in [0.2, 0.25) is 0 Å². The van der Waals surface area contributed by atoms with Crippen LogP contribution in [0.25, 0.3) is 0 Å². The molecule has 5 unspecified atom stereocenters. The fourth-order valence-corrected chi connectivity index (χ4v) is 2.94. The number of piperidine rings is 1. The Kier molecular flexibility index (Phi) is 8.07. The molecule has 9 heteroatoms. The summed E-state index contributed by atoms with van der Waals surface area (Å²) in [6, 6.07) is -2.42. The summed E-state index contributed by atoms with van der Waals surface area (Å²) in [5.74, 6) is -1.89. The highest BCUT2D eigenvalue weighted by Gasteiger charge is 2.47. The molecule has 1 aliphatic rings. The topological polar surface area (TPSA) is 96.6 Å². The molecule has 142 valence electrons. The molecule has 0 amide bonds. The molecule has 0 aromatic rings. The molecule has 1 heterocycles. The maximum Gasteiger partial charge on any atom is 0.403 e. The van der Waals surface area contributed by atoms with E-state index in [1.165, 1.54) is 7.05 Å². The van der Waals surface area contributed by atoms with Crippen LogP contribution in [0.4, 0.5) is 13.2 Å². The highest BCUT2D eigenvalue weighted by molar-refractivity contribution is 5.85. The number of ketones is 1. The average Bonchev–Trinajstić information content (AvgIpc) is 2.51. The van der Waals surface area contributed by atoms with E-state index >= 15 is 0 Å². The number of rotatable bonds is 8. The summed E-state index contributed by atoms with van der Waals surface area (Å²) < 4.78 is 44.4. The lowest BCUT2D eigenvalue weighted by molar-refractivity contribution is -0.170. The van der Waals surface area contributed by atoms with Crippen molar-refractivity contribution in [1.29, 1.82) is 0 Å². The third kappa shape index (κ3) is 5.66. The zero-order valence-electron chi connectivity index (χ0n) is 14.3. The Morgan fingerprint density at radius 1 is 1.42 bits per heavy atom. The van der Waals surface area contributed by atoms with E-state index in [0.29, 0.717) is 0 Å². The lowest BCUT2D eigenvalue weighted by Crippen LogP contribution is -2.59. The van der Waals surface area contributed by atoms with Gasteiger partial charge >= 0.3 is 6.18 Å². The predicted molar refractivity (Wildman–Crippen MR) is 83.2 cm³/mol. The Balaban J connectivity index is 2.90. The number of Topliss-reactive ketones (excluding diaryl/α,β-unsaturated/α-hetero) is 1. The molecular formula is C15H28F3N3O3. The van der Waals surface area contributed by atoms with Gasteiger partial charge in [0.15, 0.2) is 0 Å². The minimum atomic E-state index is -4.37. The molecule has 1 aliphatic heterocycles. The first-order valence-electron chi connectivity index (χ1n) is 8.15. The number of hydrogen-bond donors (Lipinski definition) is 4. The van der Waals surface area contributed by atoms with Crippen molar-refractivity contribution >= 4 is 5.78 Å². The van der Waals surface area contributed by atoms with Gasteiger partial charge in [-0.25, -0.2) is 0 Å². The molecule has 24 heavy (non-hydrogen) atoms. The van der Waals surface area contributed by atoms with Crippen molar-refractivity contribution in [3.63, 3.8) is 0 Å². The molecular weight excluding hydrogens is 327 g/mol. The van der Waals surface area contributed by atoms with Crippen molar-refractivity contribution in [3.05, 3.63) is 0 Å². The first-order valence-corrected chi connectivity index (χ1v) is 8.15. The van der Waals surface area contributed by atoms with Gasteiger partial charge in [0.25, 0.3) is 0 Å². The molecule has 0 spiro atoms. The van der Waals surface area contributed by atoms with Gasteiger partial charge < -0.3 is 20.9 Å². The van der Waals surface area contributed by atoms with Gasteiger partial charge in [-0.2, -0.15) is 13.2 Å². The van der Waals surface area contributed by atoms with Crippen molar-refractivity contribution in [1.82, 2.24) is 10.6 Å². The molecule has 0 radical (unpaired) electrons. The summed E-state index contributed by atoms with van der Waals surface area (Å²) in [4.78, 5) is 12.7. The van der Waals surface area contributed by atoms with Gasteiger partial charge in [-0.05, 0) is 33.7 Å². The number of nitrogens with two attached hydrogens (primary N) is 1. The van der Waals surface area contributed by atoms with Gasteiger partial charge in [-0.15, -0.1) is 0 Å². The van der Waals surface area contributed by atoms with Crippen LogP contribution in [-0.2, 0) is 9.53 Å². The normalized spacial score (nSPS) is 28.0. The van der Waals surface area contributed by atoms with Crippen LogP contribution in [0.5, 0.6) is 0 Å². The second-order valence-corrected chi connectivity index (χ2v) is 6.41. The molecule has 1 rings (SSSR count). The molecule has 0 aromatic carbocycles. The lowest BCUT2D eigenvalue weighted by Gasteiger charge is -2.39. The molecule has 0 aliphatic carbocycles. The number of alkyl halides is 3. The minimum absolute atomic E-state index is 0.00636. The molecule has 0 bridgehead atoms. The summed E-state index contributed by atoms with van der Waals surface area (Å²) in [6.45, 7) is 3.45. The summed E-state index contributed by atoms with van der Waals surface area (Å²) in [5.41, 5.74) is 5.57. The number of aliphatic hydroxyl groups is 1. The van der Waals surface area contributed by atoms with Gasteiger partial charge in [0.1, 0.15) is 18.1 Å². The van der Waals surface area contributed by atoms with Crippen LogP contribution in [0.3, 0.4) is 0 Å². The Labute approximate surface area is 140 Å². The van der Waals surface area contributed by atoms with Crippen LogP contribution in [-0.4, -0.2) is 61.7 Å². The standard InChI is InChI=1S/C15H28F3N3O3/c1-8(2)24-7-11-9(4-5-12(21-11)15(16,17)18)13(22)10(6-19)14(23)20-3/h8-12,14,20-21,23H,4-7,19H2,1-3H3. The van der Waals surface area contributed by atoms with E-state index < -0.39 is 36.3 Å². The quantitative estimate of drug-likeness (QED) is 0.471. The third-order valence-corrected chi connectivity index (χ3v) is 4.33. The van der Waals surface area contributed by atoms with Crippen LogP contribution < -0.4 is 16.4 Å².